The number of fused-ring (bicyclic) bond motifs is 1. The van der Waals surface area contributed by atoms with Crippen LogP contribution >= 0.6 is 11.6 Å². The lowest BCUT2D eigenvalue weighted by molar-refractivity contribution is -0.124. The number of rotatable bonds is 4. The van der Waals surface area contributed by atoms with Crippen LogP contribution in [0.2, 0.25) is 5.02 Å². The van der Waals surface area contributed by atoms with Gasteiger partial charge in [0.15, 0.2) is 6.10 Å². The van der Waals surface area contributed by atoms with Crippen molar-refractivity contribution in [2.24, 2.45) is 0 Å². The van der Waals surface area contributed by atoms with Crippen LogP contribution in [-0.2, 0) is 17.8 Å². The third-order valence-electron chi connectivity index (χ3n) is 4.25. The van der Waals surface area contributed by atoms with Crippen molar-refractivity contribution in [1.82, 2.24) is 0 Å². The van der Waals surface area contributed by atoms with Crippen LogP contribution in [0.15, 0.2) is 65.3 Å². The van der Waals surface area contributed by atoms with Gasteiger partial charge in [-0.1, -0.05) is 17.7 Å². The fourth-order valence-corrected chi connectivity index (χ4v) is 3.22. The molecule has 2 heterocycles. The van der Waals surface area contributed by atoms with Crippen molar-refractivity contribution in [1.29, 1.82) is 0 Å². The van der Waals surface area contributed by atoms with Gasteiger partial charge in [0.25, 0.3) is 5.91 Å². The molecule has 0 saturated carbocycles. The maximum atomic E-state index is 13.7. The number of nitrogens with zero attached hydrogens (tertiary/aromatic N) is 1. The van der Waals surface area contributed by atoms with Crippen molar-refractivity contribution in [3.05, 3.63) is 83.0 Å². The number of halogens is 2. The van der Waals surface area contributed by atoms with Crippen LogP contribution in [0.3, 0.4) is 0 Å². The largest absolute Gasteiger partial charge is 0.480 e. The van der Waals surface area contributed by atoms with Gasteiger partial charge in [-0.3, -0.25) is 4.79 Å². The first-order valence-corrected chi connectivity index (χ1v) is 8.52. The molecule has 26 heavy (non-hydrogen) atoms. The molecule has 1 amide bonds. The first-order chi connectivity index (χ1) is 12.6. The van der Waals surface area contributed by atoms with Crippen LogP contribution < -0.4 is 9.64 Å². The van der Waals surface area contributed by atoms with E-state index in [0.717, 1.165) is 5.56 Å². The Hall–Kier alpha value is -2.79. The highest BCUT2D eigenvalue weighted by Crippen LogP contribution is 2.32. The zero-order valence-corrected chi connectivity index (χ0v) is 14.4. The van der Waals surface area contributed by atoms with Crippen molar-refractivity contribution in [3.63, 3.8) is 0 Å². The highest BCUT2D eigenvalue weighted by molar-refractivity contribution is 6.30. The van der Waals surface area contributed by atoms with E-state index < -0.39 is 11.9 Å². The minimum absolute atomic E-state index is 0.187. The summed E-state index contributed by atoms with van der Waals surface area (Å²) in [6, 6.07) is 14.7. The molecule has 0 radical (unpaired) electrons. The topological polar surface area (TPSA) is 42.7 Å². The van der Waals surface area contributed by atoms with Crippen LogP contribution in [0, 0.1) is 5.82 Å². The molecule has 4 rings (SSSR count). The Balaban J connectivity index is 1.62. The fourth-order valence-electron chi connectivity index (χ4n) is 3.03. The average Bonchev–Trinajstić information content (AvgIpc) is 3.28. The van der Waals surface area contributed by atoms with Gasteiger partial charge in [0.2, 0.25) is 0 Å². The summed E-state index contributed by atoms with van der Waals surface area (Å²) in [7, 11) is 0. The molecule has 6 heteroatoms. The highest BCUT2D eigenvalue weighted by atomic mass is 35.5. The molecule has 0 aliphatic carbocycles. The summed E-state index contributed by atoms with van der Waals surface area (Å²) in [5.74, 6) is 0.563. The van der Waals surface area contributed by atoms with Gasteiger partial charge < -0.3 is 14.1 Å². The fraction of sp³-hybridized carbons (Fsp3) is 0.150. The lowest BCUT2D eigenvalue weighted by atomic mass is 10.1. The third kappa shape index (κ3) is 3.30. The van der Waals surface area contributed by atoms with Crippen LogP contribution in [0.25, 0.3) is 0 Å². The standard InChI is InChI=1S/C20H15ClFNO3/c21-14-6-7-18-13(9-14)10-19(26-18)20(24)23(12-17-5-2-8-25-17)16-4-1-3-15(22)11-16/h1-9,11,19H,10,12H2/t19-/m0/s1. The van der Waals surface area contributed by atoms with Crippen LogP contribution in [-0.4, -0.2) is 12.0 Å². The Morgan fingerprint density at radius 2 is 2.08 bits per heavy atom. The molecule has 0 saturated heterocycles. The SMILES string of the molecule is O=C([C@@H]1Cc2cc(Cl)ccc2O1)N(Cc1ccco1)c1cccc(F)c1. The average molecular weight is 372 g/mol. The van der Waals surface area contributed by atoms with E-state index in [9.17, 15) is 9.18 Å². The van der Waals surface area contributed by atoms with E-state index in [1.807, 2.05) is 0 Å². The molecule has 1 atom stereocenters. The Morgan fingerprint density at radius 3 is 2.85 bits per heavy atom. The Kier molecular flexibility index (Phi) is 4.39. The summed E-state index contributed by atoms with van der Waals surface area (Å²) in [5.41, 5.74) is 1.33. The molecule has 0 unspecified atom stereocenters. The van der Waals surface area contributed by atoms with Gasteiger partial charge in [-0.25, -0.2) is 4.39 Å². The molecule has 0 spiro atoms. The predicted molar refractivity (Wildman–Crippen MR) is 95.9 cm³/mol. The van der Waals surface area contributed by atoms with E-state index >= 15 is 0 Å². The molecule has 1 aliphatic rings. The van der Waals surface area contributed by atoms with Crippen LogP contribution in [0.5, 0.6) is 5.75 Å². The van der Waals surface area contributed by atoms with Gasteiger partial charge in [-0.05, 0) is 54.1 Å². The summed E-state index contributed by atoms with van der Waals surface area (Å²) in [6.45, 7) is 0.187. The van der Waals surface area contributed by atoms with Gasteiger partial charge in [0, 0.05) is 17.1 Å². The first-order valence-electron chi connectivity index (χ1n) is 8.14. The third-order valence-corrected chi connectivity index (χ3v) is 4.49. The maximum absolute atomic E-state index is 13.7. The van der Waals surface area contributed by atoms with E-state index in [1.165, 1.54) is 23.3 Å². The number of benzene rings is 2. The number of amides is 1. The molecule has 0 bridgehead atoms. The smallest absolute Gasteiger partial charge is 0.268 e. The number of carbonyl (C=O) groups is 1. The summed E-state index contributed by atoms with van der Waals surface area (Å²) >= 11 is 6.02. The maximum Gasteiger partial charge on any atom is 0.268 e. The zero-order chi connectivity index (χ0) is 18.1. The molecular formula is C20H15ClFNO3. The minimum Gasteiger partial charge on any atom is -0.480 e. The Bertz CT molecular complexity index is 942. The van der Waals surface area contributed by atoms with Crippen molar-refractivity contribution in [2.45, 2.75) is 19.1 Å². The number of hydrogen-bond donors (Lipinski definition) is 0. The summed E-state index contributed by atoms with van der Waals surface area (Å²) < 4.78 is 24.9. The van der Waals surface area contributed by atoms with Gasteiger partial charge >= 0.3 is 0 Å². The molecule has 132 valence electrons. The quantitative estimate of drug-likeness (QED) is 0.672. The van der Waals surface area contributed by atoms with Gasteiger partial charge in [0.05, 0.1) is 12.8 Å². The highest BCUT2D eigenvalue weighted by Gasteiger charge is 2.33. The number of carbonyl (C=O) groups excluding carboxylic acids is 1. The summed E-state index contributed by atoms with van der Waals surface area (Å²) in [4.78, 5) is 14.6. The van der Waals surface area contributed by atoms with Crippen LogP contribution in [0.4, 0.5) is 10.1 Å². The Morgan fingerprint density at radius 1 is 1.19 bits per heavy atom. The minimum atomic E-state index is -0.693. The second-order valence-electron chi connectivity index (χ2n) is 6.05. The molecule has 1 aromatic heterocycles. The van der Waals surface area contributed by atoms with Crippen molar-refractivity contribution in [3.8, 4) is 5.75 Å². The molecule has 0 N–H and O–H groups in total. The van der Waals surface area contributed by atoms with E-state index in [0.29, 0.717) is 28.6 Å². The van der Waals surface area contributed by atoms with Crippen molar-refractivity contribution < 1.29 is 18.3 Å². The molecular weight excluding hydrogens is 357 g/mol. The van der Waals surface area contributed by atoms with Crippen molar-refractivity contribution >= 4 is 23.2 Å². The zero-order valence-electron chi connectivity index (χ0n) is 13.7. The number of ether oxygens (including phenoxy) is 1. The van der Waals surface area contributed by atoms with E-state index in [4.69, 9.17) is 20.8 Å². The summed E-state index contributed by atoms with van der Waals surface area (Å²) in [6.07, 6.45) is 1.26. The second kappa shape index (κ2) is 6.84. The van der Waals surface area contributed by atoms with Gasteiger partial charge in [-0.15, -0.1) is 0 Å². The summed E-state index contributed by atoms with van der Waals surface area (Å²) in [5, 5.41) is 0.595. The van der Waals surface area contributed by atoms with E-state index in [2.05, 4.69) is 0 Å². The van der Waals surface area contributed by atoms with Crippen LogP contribution in [0.1, 0.15) is 11.3 Å². The Labute approximate surface area is 154 Å². The molecule has 4 nitrogen and oxygen atoms in total. The molecule has 3 aromatic rings. The number of anilines is 1. The number of furan rings is 1. The van der Waals surface area contributed by atoms with Gasteiger partial charge in [0.1, 0.15) is 17.3 Å². The normalized spacial score (nSPS) is 15.4. The van der Waals surface area contributed by atoms with E-state index in [-0.39, 0.29) is 12.5 Å². The first kappa shape index (κ1) is 16.7. The predicted octanol–water partition coefficient (Wildman–Crippen LogP) is 4.61. The lowest BCUT2D eigenvalue weighted by Gasteiger charge is -2.24. The van der Waals surface area contributed by atoms with Crippen molar-refractivity contribution in [2.75, 3.05) is 4.90 Å². The number of hydrogen-bond acceptors (Lipinski definition) is 3. The lowest BCUT2D eigenvalue weighted by Crippen LogP contribution is -2.41. The molecule has 2 aromatic carbocycles. The molecule has 1 aliphatic heterocycles. The monoisotopic (exact) mass is 371 g/mol. The second-order valence-corrected chi connectivity index (χ2v) is 6.48. The molecule has 0 fully saturated rings. The van der Waals surface area contributed by atoms with Gasteiger partial charge in [-0.2, -0.15) is 0 Å². The van der Waals surface area contributed by atoms with E-state index in [1.54, 1.807) is 42.5 Å².